The first-order valence-corrected chi connectivity index (χ1v) is 13.7. The smallest absolute Gasteiger partial charge is 0.397 e. The predicted molar refractivity (Wildman–Crippen MR) is 141 cm³/mol. The molecule has 202 valence electrons. The van der Waals surface area contributed by atoms with Gasteiger partial charge in [-0.05, 0) is 30.7 Å². The molecule has 0 aliphatic carbocycles. The van der Waals surface area contributed by atoms with Crippen molar-refractivity contribution in [2.45, 2.75) is 13.1 Å². The number of nitrogens with zero attached hydrogens (tertiary/aromatic N) is 5. The van der Waals surface area contributed by atoms with Crippen molar-refractivity contribution in [1.29, 1.82) is 0 Å². The van der Waals surface area contributed by atoms with Crippen molar-refractivity contribution in [3.63, 3.8) is 0 Å². The maximum absolute atomic E-state index is 12.9. The summed E-state index contributed by atoms with van der Waals surface area (Å²) in [5.74, 6) is -0.642. The highest BCUT2D eigenvalue weighted by Crippen LogP contribution is 2.29. The number of benzene rings is 1. The second-order valence-electron chi connectivity index (χ2n) is 8.70. The molecule has 0 spiro atoms. The maximum Gasteiger partial charge on any atom is 0.408 e. The molecule has 2 aromatic heterocycles. The Morgan fingerprint density at radius 3 is 2.55 bits per heavy atom. The Morgan fingerprint density at radius 2 is 1.97 bits per heavy atom. The van der Waals surface area contributed by atoms with Crippen LogP contribution in [-0.4, -0.2) is 67.1 Å². The van der Waals surface area contributed by atoms with Crippen molar-refractivity contribution in [1.82, 2.24) is 19.7 Å². The number of nitrogens with one attached hydrogen (secondary N) is 1. The van der Waals surface area contributed by atoms with Crippen LogP contribution >= 0.6 is 11.6 Å². The molecule has 0 unspecified atom stereocenters. The molecular formula is C24H25ClF3N7O2S. The summed E-state index contributed by atoms with van der Waals surface area (Å²) >= 11 is 6.38. The monoisotopic (exact) mass is 567 g/mol. The SMILES string of the molecule is C=C(N)c1nn(-c2c(C)cccc2Cl)cc1Nc1ccc(C(=O)N2CCS(=O)(=NCC(F)(F)F)CC2)nc1. The van der Waals surface area contributed by atoms with Crippen molar-refractivity contribution >= 4 is 44.3 Å². The molecule has 1 aliphatic rings. The summed E-state index contributed by atoms with van der Waals surface area (Å²) in [5.41, 5.74) is 9.44. The number of anilines is 2. The largest absolute Gasteiger partial charge is 0.408 e. The van der Waals surface area contributed by atoms with Crippen LogP contribution in [0.15, 0.2) is 53.7 Å². The summed E-state index contributed by atoms with van der Waals surface area (Å²) < 4.78 is 54.8. The zero-order valence-corrected chi connectivity index (χ0v) is 21.9. The first-order valence-electron chi connectivity index (χ1n) is 11.4. The van der Waals surface area contributed by atoms with Gasteiger partial charge in [0.2, 0.25) is 0 Å². The van der Waals surface area contributed by atoms with Crippen molar-refractivity contribution in [2.75, 3.05) is 36.5 Å². The molecule has 4 rings (SSSR count). The van der Waals surface area contributed by atoms with Gasteiger partial charge in [0.1, 0.15) is 17.9 Å². The van der Waals surface area contributed by atoms with Gasteiger partial charge in [0.15, 0.2) is 0 Å². The number of amides is 1. The number of carbonyl (C=O) groups excluding carboxylic acids is 1. The number of aryl methyl sites for hydroxylation is 1. The summed E-state index contributed by atoms with van der Waals surface area (Å²) in [6.45, 7) is 4.30. The molecule has 1 aromatic carbocycles. The minimum Gasteiger partial charge on any atom is -0.397 e. The first kappa shape index (κ1) is 27.5. The van der Waals surface area contributed by atoms with Gasteiger partial charge in [-0.3, -0.25) is 4.79 Å². The van der Waals surface area contributed by atoms with Gasteiger partial charge in [0.05, 0.1) is 49.9 Å². The van der Waals surface area contributed by atoms with Gasteiger partial charge in [-0.1, -0.05) is 30.3 Å². The standard InChI is InChI=1S/C24H25ClF3N7O2S/c1-15-4-3-5-18(25)22(15)35-13-20(21(33-35)16(2)29)32-17-6-7-19(30-12-17)23(36)34-8-10-38(37,11-9-34)31-14-24(26,27)28/h3-7,12-13,32H,2,8-11,14,29H2,1H3. The van der Waals surface area contributed by atoms with E-state index < -0.39 is 28.4 Å². The number of nitrogens with two attached hydrogens (primary N) is 1. The summed E-state index contributed by atoms with van der Waals surface area (Å²) in [7, 11) is -3.00. The molecule has 38 heavy (non-hydrogen) atoms. The van der Waals surface area contributed by atoms with E-state index in [9.17, 15) is 22.2 Å². The molecule has 1 saturated heterocycles. The fourth-order valence-corrected chi connectivity index (χ4v) is 6.05. The minimum atomic E-state index is -4.51. The number of aromatic nitrogens is 3. The highest BCUT2D eigenvalue weighted by molar-refractivity contribution is 7.93. The average molecular weight is 568 g/mol. The normalized spacial score (nSPS) is 15.2. The molecular weight excluding hydrogens is 543 g/mol. The third kappa shape index (κ3) is 6.27. The van der Waals surface area contributed by atoms with E-state index in [-0.39, 0.29) is 36.0 Å². The van der Waals surface area contributed by atoms with Crippen LogP contribution in [0.2, 0.25) is 5.02 Å². The Kier molecular flexibility index (Phi) is 7.70. The van der Waals surface area contributed by atoms with E-state index in [4.69, 9.17) is 17.3 Å². The van der Waals surface area contributed by atoms with E-state index in [0.717, 1.165) is 5.56 Å². The van der Waals surface area contributed by atoms with Crippen molar-refractivity contribution in [2.24, 2.45) is 10.1 Å². The van der Waals surface area contributed by atoms with Crippen molar-refractivity contribution < 1.29 is 22.2 Å². The van der Waals surface area contributed by atoms with E-state index in [1.54, 1.807) is 23.0 Å². The Hall–Kier alpha value is -3.58. The van der Waals surface area contributed by atoms with Crippen molar-refractivity contribution in [3.05, 3.63) is 71.3 Å². The highest BCUT2D eigenvalue weighted by Gasteiger charge is 2.30. The highest BCUT2D eigenvalue weighted by atomic mass is 35.5. The van der Waals surface area contributed by atoms with E-state index in [1.807, 2.05) is 19.1 Å². The van der Waals surface area contributed by atoms with Gasteiger partial charge in [0.25, 0.3) is 5.91 Å². The van der Waals surface area contributed by atoms with E-state index in [0.29, 0.717) is 27.8 Å². The molecule has 3 heterocycles. The fraction of sp³-hybridized carbons (Fsp3) is 0.292. The Bertz CT molecular complexity index is 1460. The van der Waals surface area contributed by atoms with Crippen LogP contribution in [0, 0.1) is 6.92 Å². The summed E-state index contributed by atoms with van der Waals surface area (Å²) in [5, 5.41) is 8.20. The lowest BCUT2D eigenvalue weighted by molar-refractivity contribution is -0.117. The van der Waals surface area contributed by atoms with Gasteiger partial charge in [0, 0.05) is 24.6 Å². The second-order valence-corrected chi connectivity index (χ2v) is 11.7. The minimum absolute atomic E-state index is 0.0311. The number of pyridine rings is 1. The lowest BCUT2D eigenvalue weighted by Crippen LogP contribution is -2.44. The maximum atomic E-state index is 12.9. The number of halogens is 4. The second kappa shape index (κ2) is 10.7. The third-order valence-corrected chi connectivity index (χ3v) is 8.37. The molecule has 1 amide bonds. The van der Waals surface area contributed by atoms with E-state index in [2.05, 4.69) is 26.3 Å². The summed E-state index contributed by atoms with van der Waals surface area (Å²) in [6, 6.07) is 8.67. The summed E-state index contributed by atoms with van der Waals surface area (Å²) in [6.07, 6.45) is -1.34. The van der Waals surface area contributed by atoms with Crippen LogP contribution in [0.3, 0.4) is 0 Å². The molecule has 14 heteroatoms. The van der Waals surface area contributed by atoms with Crippen LogP contribution in [0.25, 0.3) is 11.4 Å². The lowest BCUT2D eigenvalue weighted by Gasteiger charge is -2.28. The van der Waals surface area contributed by atoms with Gasteiger partial charge < -0.3 is 16.0 Å². The van der Waals surface area contributed by atoms with Crippen LogP contribution in [0.4, 0.5) is 24.5 Å². The van der Waals surface area contributed by atoms with Crippen LogP contribution in [0.5, 0.6) is 0 Å². The van der Waals surface area contributed by atoms with Crippen LogP contribution < -0.4 is 11.1 Å². The molecule has 0 bridgehead atoms. The molecule has 0 atom stereocenters. The number of para-hydroxylation sites is 1. The zero-order chi connectivity index (χ0) is 27.7. The molecule has 0 radical (unpaired) electrons. The number of rotatable bonds is 6. The molecule has 0 saturated carbocycles. The lowest BCUT2D eigenvalue weighted by atomic mass is 10.2. The Labute approximate surface area is 222 Å². The third-order valence-electron chi connectivity index (χ3n) is 5.82. The zero-order valence-electron chi connectivity index (χ0n) is 20.3. The quantitative estimate of drug-likeness (QED) is 0.456. The Morgan fingerprint density at radius 1 is 1.26 bits per heavy atom. The molecule has 1 fully saturated rings. The molecule has 9 nitrogen and oxygen atoms in total. The number of hydrogen-bond donors (Lipinski definition) is 2. The first-order chi connectivity index (χ1) is 17.8. The topological polar surface area (TPSA) is 118 Å². The van der Waals surface area contributed by atoms with Gasteiger partial charge in [-0.2, -0.15) is 18.3 Å². The van der Waals surface area contributed by atoms with Gasteiger partial charge in [-0.15, -0.1) is 0 Å². The van der Waals surface area contributed by atoms with Crippen LogP contribution in [0.1, 0.15) is 21.7 Å². The van der Waals surface area contributed by atoms with Crippen molar-refractivity contribution in [3.8, 4) is 5.69 Å². The van der Waals surface area contributed by atoms with Gasteiger partial charge in [-0.25, -0.2) is 18.2 Å². The van der Waals surface area contributed by atoms with E-state index in [1.165, 1.54) is 17.2 Å². The number of hydrogen-bond acceptors (Lipinski definition) is 7. The Balaban J connectivity index is 1.47. The number of alkyl halides is 3. The summed E-state index contributed by atoms with van der Waals surface area (Å²) in [4.78, 5) is 18.5. The number of carbonyl (C=O) groups is 1. The van der Waals surface area contributed by atoms with Crippen LogP contribution in [-0.2, 0) is 9.73 Å². The van der Waals surface area contributed by atoms with E-state index >= 15 is 0 Å². The molecule has 1 aliphatic heterocycles. The average Bonchev–Trinajstić information content (AvgIpc) is 3.26. The molecule has 3 aromatic rings. The van der Waals surface area contributed by atoms with Gasteiger partial charge >= 0.3 is 6.18 Å². The predicted octanol–water partition coefficient (Wildman–Crippen LogP) is 4.39. The fourth-order valence-electron chi connectivity index (χ4n) is 3.88. The molecule has 3 N–H and O–H groups in total.